The van der Waals surface area contributed by atoms with Gasteiger partial charge in [0.25, 0.3) is 0 Å². The third kappa shape index (κ3) is 5.38. The van der Waals surface area contributed by atoms with Crippen LogP contribution in [-0.2, 0) is 26.2 Å². The van der Waals surface area contributed by atoms with E-state index in [1.807, 2.05) is 85.8 Å². The molecule has 0 radical (unpaired) electrons. The van der Waals surface area contributed by atoms with Gasteiger partial charge in [-0.1, -0.05) is 115 Å². The second-order valence-electron chi connectivity index (χ2n) is 8.95. The van der Waals surface area contributed by atoms with Crippen LogP contribution in [0.3, 0.4) is 0 Å². The van der Waals surface area contributed by atoms with Crippen LogP contribution in [0.4, 0.5) is 0 Å². The Bertz CT molecular complexity index is 1190. The summed E-state index contributed by atoms with van der Waals surface area (Å²) in [5, 5.41) is 2.99. The van der Waals surface area contributed by atoms with Gasteiger partial charge in [-0.05, 0) is 34.7 Å². The fraction of sp³-hybridized carbons (Fsp3) is 0.188. The molecule has 4 nitrogen and oxygen atoms in total. The lowest BCUT2D eigenvalue weighted by atomic mass is 9.67. The minimum Gasteiger partial charge on any atom is -0.467 e. The van der Waals surface area contributed by atoms with Crippen molar-refractivity contribution in [2.75, 3.05) is 7.11 Å². The lowest BCUT2D eigenvalue weighted by Gasteiger charge is -2.36. The Morgan fingerprint density at radius 3 is 1.61 bits per heavy atom. The molecule has 0 spiro atoms. The van der Waals surface area contributed by atoms with Crippen LogP contribution in [0.2, 0.25) is 0 Å². The van der Waals surface area contributed by atoms with Crippen molar-refractivity contribution in [1.82, 2.24) is 5.32 Å². The van der Waals surface area contributed by atoms with Crippen LogP contribution < -0.4 is 5.32 Å². The molecule has 0 saturated heterocycles. The number of hydrogen-bond donors (Lipinski definition) is 1. The van der Waals surface area contributed by atoms with Crippen molar-refractivity contribution in [3.63, 3.8) is 0 Å². The topological polar surface area (TPSA) is 55.4 Å². The number of carbonyl (C=O) groups excluding carboxylic acids is 2. The Morgan fingerprint density at radius 1 is 0.722 bits per heavy atom. The first kappa shape index (κ1) is 24.9. The van der Waals surface area contributed by atoms with Crippen molar-refractivity contribution in [2.45, 2.75) is 31.2 Å². The van der Waals surface area contributed by atoms with Crippen LogP contribution in [0, 0.1) is 6.92 Å². The fourth-order valence-corrected chi connectivity index (χ4v) is 4.85. The lowest BCUT2D eigenvalue weighted by Crippen LogP contribution is -2.46. The van der Waals surface area contributed by atoms with Crippen LogP contribution in [0.25, 0.3) is 0 Å². The van der Waals surface area contributed by atoms with E-state index in [0.29, 0.717) is 6.42 Å². The van der Waals surface area contributed by atoms with Gasteiger partial charge in [-0.25, -0.2) is 4.79 Å². The van der Waals surface area contributed by atoms with Crippen molar-refractivity contribution >= 4 is 11.9 Å². The van der Waals surface area contributed by atoms with Gasteiger partial charge in [0, 0.05) is 12.8 Å². The maximum Gasteiger partial charge on any atom is 0.328 e. The van der Waals surface area contributed by atoms with Crippen molar-refractivity contribution in [1.29, 1.82) is 0 Å². The van der Waals surface area contributed by atoms with E-state index in [4.69, 9.17) is 4.74 Å². The largest absolute Gasteiger partial charge is 0.467 e. The summed E-state index contributed by atoms with van der Waals surface area (Å²) < 4.78 is 5.06. The molecule has 4 heteroatoms. The van der Waals surface area contributed by atoms with Crippen LogP contribution in [0.15, 0.2) is 115 Å². The zero-order valence-electron chi connectivity index (χ0n) is 20.7. The fourth-order valence-electron chi connectivity index (χ4n) is 4.85. The van der Waals surface area contributed by atoms with Gasteiger partial charge in [-0.2, -0.15) is 0 Å². The molecule has 0 aliphatic carbocycles. The molecule has 0 unspecified atom stereocenters. The average molecular weight is 478 g/mol. The Kier molecular flexibility index (Phi) is 7.96. The van der Waals surface area contributed by atoms with Crippen LogP contribution in [-0.4, -0.2) is 25.0 Å². The van der Waals surface area contributed by atoms with E-state index in [0.717, 1.165) is 27.8 Å². The molecule has 0 aliphatic rings. The minimum atomic E-state index is -0.788. The van der Waals surface area contributed by atoms with E-state index in [9.17, 15) is 9.59 Å². The number of rotatable bonds is 9. The van der Waals surface area contributed by atoms with Gasteiger partial charge in [0.1, 0.15) is 6.04 Å². The summed E-state index contributed by atoms with van der Waals surface area (Å²) in [6, 6.07) is 37.2. The minimum absolute atomic E-state index is 0.131. The molecule has 0 fully saturated rings. The maximum absolute atomic E-state index is 13.8. The second kappa shape index (κ2) is 11.5. The van der Waals surface area contributed by atoms with Crippen molar-refractivity contribution in [3.8, 4) is 0 Å². The summed E-state index contributed by atoms with van der Waals surface area (Å²) in [6.07, 6.45) is 0.492. The molecule has 4 rings (SSSR count). The highest BCUT2D eigenvalue weighted by Gasteiger charge is 2.39. The number of methoxy groups -OCH3 is 1. The predicted octanol–water partition coefficient (Wildman–Crippen LogP) is 5.62. The number of amides is 1. The molecule has 1 atom stereocenters. The molecule has 4 aromatic rings. The number of nitrogens with one attached hydrogen (secondary N) is 1. The summed E-state index contributed by atoms with van der Waals surface area (Å²) in [4.78, 5) is 26.5. The van der Waals surface area contributed by atoms with Crippen LogP contribution in [0.1, 0.15) is 34.2 Å². The third-order valence-electron chi connectivity index (χ3n) is 6.73. The van der Waals surface area contributed by atoms with Gasteiger partial charge in [0.05, 0.1) is 12.5 Å². The normalized spacial score (nSPS) is 11.9. The Labute approximate surface area is 213 Å². The molecule has 0 heterocycles. The molecule has 1 amide bonds. The highest BCUT2D eigenvalue weighted by Crippen LogP contribution is 2.42. The number of ether oxygens (including phenoxy) is 1. The molecule has 0 aliphatic heterocycles. The zero-order valence-corrected chi connectivity index (χ0v) is 20.7. The molecular formula is C32H31NO3. The van der Waals surface area contributed by atoms with E-state index in [1.165, 1.54) is 7.11 Å². The number of hydrogen-bond acceptors (Lipinski definition) is 3. The lowest BCUT2D eigenvalue weighted by molar-refractivity contribution is -0.145. The Morgan fingerprint density at radius 2 is 1.17 bits per heavy atom. The van der Waals surface area contributed by atoms with Crippen LogP contribution >= 0.6 is 0 Å². The average Bonchev–Trinajstić information content (AvgIpc) is 2.93. The third-order valence-corrected chi connectivity index (χ3v) is 6.73. The SMILES string of the molecule is COC(=O)[C@H](Cc1ccccc1C)NC(=O)CC(c1ccccc1)(c1ccccc1)c1ccccc1. The first-order valence-electron chi connectivity index (χ1n) is 12.1. The zero-order chi connectivity index (χ0) is 25.4. The molecule has 0 saturated carbocycles. The van der Waals surface area contributed by atoms with Gasteiger partial charge in [0.2, 0.25) is 5.91 Å². The summed E-state index contributed by atoms with van der Waals surface area (Å²) in [5.41, 5.74) is 4.33. The molecule has 0 aromatic heterocycles. The molecule has 36 heavy (non-hydrogen) atoms. The van der Waals surface area contributed by atoms with E-state index >= 15 is 0 Å². The predicted molar refractivity (Wildman–Crippen MR) is 143 cm³/mol. The van der Waals surface area contributed by atoms with Crippen molar-refractivity contribution in [2.24, 2.45) is 0 Å². The summed E-state index contributed by atoms with van der Waals surface area (Å²) in [6.45, 7) is 2.00. The maximum atomic E-state index is 13.8. The van der Waals surface area contributed by atoms with E-state index in [2.05, 4.69) is 41.7 Å². The van der Waals surface area contributed by atoms with E-state index in [1.54, 1.807) is 0 Å². The molecule has 182 valence electrons. The van der Waals surface area contributed by atoms with Gasteiger partial charge in [0.15, 0.2) is 0 Å². The molecular weight excluding hydrogens is 446 g/mol. The highest BCUT2D eigenvalue weighted by atomic mass is 16.5. The van der Waals surface area contributed by atoms with Gasteiger partial charge < -0.3 is 10.1 Å². The number of esters is 1. The first-order valence-corrected chi connectivity index (χ1v) is 12.1. The van der Waals surface area contributed by atoms with Crippen molar-refractivity contribution < 1.29 is 14.3 Å². The second-order valence-corrected chi connectivity index (χ2v) is 8.95. The summed E-state index contributed by atoms with van der Waals surface area (Å²) in [7, 11) is 1.35. The summed E-state index contributed by atoms with van der Waals surface area (Å²) in [5.74, 6) is -0.688. The Balaban J connectivity index is 1.74. The van der Waals surface area contributed by atoms with Crippen LogP contribution in [0.5, 0.6) is 0 Å². The van der Waals surface area contributed by atoms with E-state index < -0.39 is 17.4 Å². The van der Waals surface area contributed by atoms with Gasteiger partial charge in [-0.15, -0.1) is 0 Å². The van der Waals surface area contributed by atoms with Gasteiger partial charge in [-0.3, -0.25) is 4.79 Å². The molecule has 1 N–H and O–H groups in total. The highest BCUT2D eigenvalue weighted by molar-refractivity contribution is 5.86. The first-order chi connectivity index (χ1) is 17.5. The molecule has 0 bridgehead atoms. The summed E-state index contributed by atoms with van der Waals surface area (Å²) >= 11 is 0. The Hall–Kier alpha value is -4.18. The van der Waals surface area contributed by atoms with Crippen molar-refractivity contribution in [3.05, 3.63) is 143 Å². The van der Waals surface area contributed by atoms with E-state index in [-0.39, 0.29) is 12.3 Å². The standard InChI is InChI=1S/C32H31NO3/c1-24-14-12-13-15-25(24)22-29(31(35)36-2)33-30(34)23-32(26-16-6-3-7-17-26,27-18-8-4-9-19-27)28-20-10-5-11-21-28/h3-21,29H,22-23H2,1-2H3,(H,33,34)/t29-/m0/s1. The number of aryl methyl sites for hydroxylation is 1. The van der Waals surface area contributed by atoms with Gasteiger partial charge >= 0.3 is 5.97 Å². The number of benzene rings is 4. The smallest absolute Gasteiger partial charge is 0.328 e. The quantitative estimate of drug-likeness (QED) is 0.251. The monoisotopic (exact) mass is 477 g/mol. The molecule has 4 aromatic carbocycles. The number of carbonyl (C=O) groups is 2.